The Morgan fingerprint density at radius 3 is 1.79 bits per heavy atom. The van der Waals surface area contributed by atoms with Gasteiger partial charge in [-0.3, -0.25) is 0 Å². The Hall–Kier alpha value is -1.06. The first-order valence-electron chi connectivity index (χ1n) is 4.75. The van der Waals surface area contributed by atoms with Crippen LogP contribution in [0.1, 0.15) is 33.1 Å². The maximum absolute atomic E-state index is 4.79. The summed E-state index contributed by atoms with van der Waals surface area (Å²) in [6.07, 6.45) is 2.69. The summed E-state index contributed by atoms with van der Waals surface area (Å²) in [6, 6.07) is 0. The molecule has 1 fully saturated rings. The van der Waals surface area contributed by atoms with Crippen LogP contribution in [-0.2, 0) is 9.68 Å². The van der Waals surface area contributed by atoms with Gasteiger partial charge in [-0.1, -0.05) is 24.2 Å². The zero-order chi connectivity index (χ0) is 10.6. The highest BCUT2D eigenvalue weighted by atomic mass is 16.6. The fourth-order valence-corrected chi connectivity index (χ4v) is 1.92. The van der Waals surface area contributed by atoms with Gasteiger partial charge in [-0.25, -0.2) is 0 Å². The van der Waals surface area contributed by atoms with Crippen molar-refractivity contribution in [2.45, 2.75) is 33.1 Å². The highest BCUT2D eigenvalue weighted by Gasteiger charge is 2.29. The third-order valence-corrected chi connectivity index (χ3v) is 2.21. The lowest BCUT2D eigenvalue weighted by Gasteiger charge is -2.30. The van der Waals surface area contributed by atoms with E-state index in [0.717, 1.165) is 30.7 Å². The molecule has 14 heavy (non-hydrogen) atoms. The Labute approximate surface area is 84.9 Å². The smallest absolute Gasteiger partial charge is 0.106 e. The van der Waals surface area contributed by atoms with Crippen molar-refractivity contribution in [2.24, 2.45) is 15.7 Å². The predicted octanol–water partition coefficient (Wildman–Crippen LogP) is 2.20. The zero-order valence-corrected chi connectivity index (χ0v) is 9.33. The lowest BCUT2D eigenvalue weighted by Crippen LogP contribution is -2.29. The van der Waals surface area contributed by atoms with E-state index in [-0.39, 0.29) is 5.41 Å². The Morgan fingerprint density at radius 1 is 1.00 bits per heavy atom. The molecular formula is C10H18N2O2. The summed E-state index contributed by atoms with van der Waals surface area (Å²) >= 11 is 0. The zero-order valence-electron chi connectivity index (χ0n) is 9.33. The Morgan fingerprint density at radius 2 is 1.43 bits per heavy atom. The van der Waals surface area contributed by atoms with Crippen molar-refractivity contribution >= 4 is 11.4 Å². The maximum atomic E-state index is 4.79. The van der Waals surface area contributed by atoms with Gasteiger partial charge >= 0.3 is 0 Å². The van der Waals surface area contributed by atoms with Gasteiger partial charge in [0, 0.05) is 6.42 Å². The molecule has 0 aromatic carbocycles. The van der Waals surface area contributed by atoms with Crippen molar-refractivity contribution in [2.75, 3.05) is 14.2 Å². The number of rotatable bonds is 2. The molecule has 0 amide bonds. The molecule has 4 heteroatoms. The molecule has 1 aliphatic carbocycles. The van der Waals surface area contributed by atoms with Gasteiger partial charge in [0.05, 0.1) is 11.4 Å². The van der Waals surface area contributed by atoms with Gasteiger partial charge < -0.3 is 9.68 Å². The molecule has 80 valence electrons. The lowest BCUT2D eigenvalue weighted by atomic mass is 9.75. The van der Waals surface area contributed by atoms with Crippen LogP contribution in [0, 0.1) is 5.41 Å². The van der Waals surface area contributed by atoms with Crippen molar-refractivity contribution in [1.29, 1.82) is 0 Å². The van der Waals surface area contributed by atoms with Gasteiger partial charge in [-0.15, -0.1) is 0 Å². The van der Waals surface area contributed by atoms with Gasteiger partial charge in [-0.05, 0) is 18.3 Å². The molecule has 0 heterocycles. The summed E-state index contributed by atoms with van der Waals surface area (Å²) in [6.45, 7) is 4.39. The molecule has 1 aliphatic rings. The minimum atomic E-state index is 0.201. The van der Waals surface area contributed by atoms with Gasteiger partial charge in [0.2, 0.25) is 0 Å². The van der Waals surface area contributed by atoms with E-state index < -0.39 is 0 Å². The first-order valence-corrected chi connectivity index (χ1v) is 4.75. The van der Waals surface area contributed by atoms with Crippen molar-refractivity contribution < 1.29 is 9.68 Å². The second-order valence-corrected chi connectivity index (χ2v) is 4.37. The van der Waals surface area contributed by atoms with Crippen LogP contribution in [0.4, 0.5) is 0 Å². The van der Waals surface area contributed by atoms with E-state index >= 15 is 0 Å². The van der Waals surface area contributed by atoms with Gasteiger partial charge in [-0.2, -0.15) is 0 Å². The molecule has 0 aliphatic heterocycles. The van der Waals surface area contributed by atoms with E-state index in [1.807, 2.05) is 0 Å². The van der Waals surface area contributed by atoms with Crippen LogP contribution in [0.15, 0.2) is 10.3 Å². The number of oxime groups is 2. The van der Waals surface area contributed by atoms with E-state index in [2.05, 4.69) is 24.2 Å². The first-order chi connectivity index (χ1) is 6.57. The minimum Gasteiger partial charge on any atom is -0.399 e. The Bertz CT molecular complexity index is 233. The van der Waals surface area contributed by atoms with E-state index in [0.29, 0.717) is 0 Å². The summed E-state index contributed by atoms with van der Waals surface area (Å²) in [5, 5.41) is 7.98. The van der Waals surface area contributed by atoms with E-state index in [4.69, 9.17) is 9.68 Å². The average molecular weight is 198 g/mol. The van der Waals surface area contributed by atoms with E-state index in [1.54, 1.807) is 14.2 Å². The summed E-state index contributed by atoms with van der Waals surface area (Å²) < 4.78 is 0. The van der Waals surface area contributed by atoms with Crippen LogP contribution in [0.2, 0.25) is 0 Å². The molecule has 0 aromatic heterocycles. The highest BCUT2D eigenvalue weighted by molar-refractivity contribution is 6.06. The minimum absolute atomic E-state index is 0.201. The maximum Gasteiger partial charge on any atom is 0.106 e. The third kappa shape index (κ3) is 3.01. The van der Waals surface area contributed by atoms with Gasteiger partial charge in [0.15, 0.2) is 0 Å². The standard InChI is InChI=1S/C10H18N2O2/c1-10(2)6-8(11-13-3)5-9(7-10)12-14-4/h5-7H2,1-4H3/b11-8-,12-9+. The molecular weight excluding hydrogens is 180 g/mol. The Kier molecular flexibility index (Phi) is 3.49. The summed E-state index contributed by atoms with van der Waals surface area (Å²) in [5.74, 6) is 0. The van der Waals surface area contributed by atoms with Crippen molar-refractivity contribution in [1.82, 2.24) is 0 Å². The second-order valence-electron chi connectivity index (χ2n) is 4.37. The molecule has 0 spiro atoms. The monoisotopic (exact) mass is 198 g/mol. The van der Waals surface area contributed by atoms with Crippen molar-refractivity contribution in [3.05, 3.63) is 0 Å². The lowest BCUT2D eigenvalue weighted by molar-refractivity contribution is 0.203. The second kappa shape index (κ2) is 4.44. The molecule has 0 saturated heterocycles. The average Bonchev–Trinajstić information content (AvgIpc) is 2.01. The summed E-state index contributed by atoms with van der Waals surface area (Å²) in [4.78, 5) is 9.59. The molecule has 1 saturated carbocycles. The van der Waals surface area contributed by atoms with Crippen LogP contribution >= 0.6 is 0 Å². The van der Waals surface area contributed by atoms with Crippen LogP contribution in [0.3, 0.4) is 0 Å². The number of hydrogen-bond donors (Lipinski definition) is 0. The van der Waals surface area contributed by atoms with Crippen molar-refractivity contribution in [3.8, 4) is 0 Å². The van der Waals surface area contributed by atoms with Crippen LogP contribution in [0.25, 0.3) is 0 Å². The van der Waals surface area contributed by atoms with Crippen LogP contribution in [-0.4, -0.2) is 25.6 Å². The molecule has 0 bridgehead atoms. The quantitative estimate of drug-likeness (QED) is 0.638. The van der Waals surface area contributed by atoms with Gasteiger partial charge in [0.1, 0.15) is 14.2 Å². The van der Waals surface area contributed by atoms with Crippen LogP contribution < -0.4 is 0 Å². The SMILES string of the molecule is CO/N=C1\C/C(=N/OC)CC(C)(C)C1. The molecule has 0 radical (unpaired) electrons. The largest absolute Gasteiger partial charge is 0.399 e. The van der Waals surface area contributed by atoms with Crippen LogP contribution in [0.5, 0.6) is 0 Å². The number of hydrogen-bond acceptors (Lipinski definition) is 4. The molecule has 0 N–H and O–H groups in total. The molecule has 4 nitrogen and oxygen atoms in total. The van der Waals surface area contributed by atoms with Gasteiger partial charge in [0.25, 0.3) is 0 Å². The summed E-state index contributed by atoms with van der Waals surface area (Å²) in [7, 11) is 3.14. The summed E-state index contributed by atoms with van der Waals surface area (Å²) in [5.41, 5.74) is 2.28. The highest BCUT2D eigenvalue weighted by Crippen LogP contribution is 2.32. The number of nitrogens with zero attached hydrogens (tertiary/aromatic N) is 2. The fourth-order valence-electron chi connectivity index (χ4n) is 1.92. The fraction of sp³-hybridized carbons (Fsp3) is 0.800. The molecule has 0 atom stereocenters. The Balaban J connectivity index is 2.77. The molecule has 0 aromatic rings. The van der Waals surface area contributed by atoms with E-state index in [9.17, 15) is 0 Å². The van der Waals surface area contributed by atoms with E-state index in [1.165, 1.54) is 0 Å². The third-order valence-electron chi connectivity index (χ3n) is 2.21. The predicted molar refractivity (Wildman–Crippen MR) is 56.5 cm³/mol. The topological polar surface area (TPSA) is 43.2 Å². The molecule has 1 rings (SSSR count). The normalized spacial score (nSPS) is 26.6. The molecule has 0 unspecified atom stereocenters. The first kappa shape index (κ1) is 11.0. The van der Waals surface area contributed by atoms with Crippen molar-refractivity contribution in [3.63, 3.8) is 0 Å².